The Bertz CT molecular complexity index is 348. The first kappa shape index (κ1) is 15.7. The predicted molar refractivity (Wildman–Crippen MR) is 79.7 cm³/mol. The summed E-state index contributed by atoms with van der Waals surface area (Å²) < 4.78 is 0. The van der Waals surface area contributed by atoms with Crippen LogP contribution in [0.25, 0.3) is 0 Å². The summed E-state index contributed by atoms with van der Waals surface area (Å²) >= 11 is 0. The zero-order valence-corrected chi connectivity index (χ0v) is 12.8. The summed E-state index contributed by atoms with van der Waals surface area (Å²) in [6, 6.07) is 0.634. The molecule has 0 radical (unpaired) electrons. The van der Waals surface area contributed by atoms with Gasteiger partial charge in [0.1, 0.15) is 5.54 Å². The predicted octanol–water partition coefficient (Wildman–Crippen LogP) is 0.985. The standard InChI is InChI=1S/C15H29N3O2/c1-17(2)13-6-4-9-18(11-13)10-7-12-5-3-8-15(12,16)14(19)20/h12-13H,3-11,16H2,1-2H3,(H,19,20). The van der Waals surface area contributed by atoms with E-state index in [0.29, 0.717) is 12.5 Å². The van der Waals surface area contributed by atoms with Gasteiger partial charge in [-0.3, -0.25) is 4.79 Å². The van der Waals surface area contributed by atoms with Crippen molar-refractivity contribution in [3.63, 3.8) is 0 Å². The van der Waals surface area contributed by atoms with Gasteiger partial charge < -0.3 is 20.6 Å². The number of nitrogens with two attached hydrogens (primary N) is 1. The number of hydrogen-bond acceptors (Lipinski definition) is 4. The lowest BCUT2D eigenvalue weighted by Crippen LogP contribution is -2.52. The SMILES string of the molecule is CN(C)C1CCCN(CCC2CCCC2(N)C(=O)O)C1. The van der Waals surface area contributed by atoms with Crippen LogP contribution in [0.1, 0.15) is 38.5 Å². The Kier molecular flexibility index (Phi) is 5.04. The number of carbonyl (C=O) groups is 1. The van der Waals surface area contributed by atoms with Gasteiger partial charge in [0.25, 0.3) is 0 Å². The van der Waals surface area contributed by atoms with Crippen molar-refractivity contribution < 1.29 is 9.90 Å². The van der Waals surface area contributed by atoms with Gasteiger partial charge in [-0.15, -0.1) is 0 Å². The molecule has 1 aliphatic heterocycles. The highest BCUT2D eigenvalue weighted by molar-refractivity contribution is 5.79. The van der Waals surface area contributed by atoms with Crippen LogP contribution in [0.3, 0.4) is 0 Å². The van der Waals surface area contributed by atoms with Crippen LogP contribution < -0.4 is 5.73 Å². The van der Waals surface area contributed by atoms with E-state index in [1.807, 2.05) is 0 Å². The van der Waals surface area contributed by atoms with E-state index in [9.17, 15) is 9.90 Å². The molecule has 20 heavy (non-hydrogen) atoms. The molecule has 1 saturated heterocycles. The van der Waals surface area contributed by atoms with Crippen molar-refractivity contribution in [2.75, 3.05) is 33.7 Å². The molecule has 0 spiro atoms. The molecule has 5 heteroatoms. The van der Waals surface area contributed by atoms with Crippen LogP contribution in [0.4, 0.5) is 0 Å². The Morgan fingerprint density at radius 2 is 2.15 bits per heavy atom. The first-order valence-corrected chi connectivity index (χ1v) is 7.84. The summed E-state index contributed by atoms with van der Waals surface area (Å²) in [6.45, 7) is 3.23. The fraction of sp³-hybridized carbons (Fsp3) is 0.933. The van der Waals surface area contributed by atoms with Crippen molar-refractivity contribution in [1.82, 2.24) is 9.80 Å². The quantitative estimate of drug-likeness (QED) is 0.787. The molecule has 3 N–H and O–H groups in total. The monoisotopic (exact) mass is 283 g/mol. The maximum atomic E-state index is 11.4. The minimum absolute atomic E-state index is 0.139. The highest BCUT2D eigenvalue weighted by atomic mass is 16.4. The van der Waals surface area contributed by atoms with E-state index in [1.54, 1.807) is 0 Å². The van der Waals surface area contributed by atoms with Gasteiger partial charge in [0.2, 0.25) is 0 Å². The number of nitrogens with zero attached hydrogens (tertiary/aromatic N) is 2. The molecule has 3 atom stereocenters. The van der Waals surface area contributed by atoms with Crippen LogP contribution in [-0.4, -0.2) is 66.2 Å². The second kappa shape index (κ2) is 6.41. The molecule has 2 fully saturated rings. The minimum Gasteiger partial charge on any atom is -0.480 e. The fourth-order valence-electron chi connectivity index (χ4n) is 3.78. The van der Waals surface area contributed by atoms with Gasteiger partial charge in [-0.05, 0) is 65.2 Å². The van der Waals surface area contributed by atoms with Gasteiger partial charge in [-0.25, -0.2) is 0 Å². The van der Waals surface area contributed by atoms with Crippen LogP contribution in [0.2, 0.25) is 0 Å². The second-order valence-corrected chi connectivity index (χ2v) is 6.78. The Labute approximate surface area is 122 Å². The van der Waals surface area contributed by atoms with Gasteiger partial charge in [0, 0.05) is 12.6 Å². The molecule has 2 aliphatic rings. The van der Waals surface area contributed by atoms with Crippen LogP contribution >= 0.6 is 0 Å². The fourth-order valence-corrected chi connectivity index (χ4v) is 3.78. The normalized spacial score (nSPS) is 35.6. The van der Waals surface area contributed by atoms with Gasteiger partial charge in [-0.1, -0.05) is 6.42 Å². The summed E-state index contributed by atoms with van der Waals surface area (Å²) in [5.41, 5.74) is 5.14. The summed E-state index contributed by atoms with van der Waals surface area (Å²) in [4.78, 5) is 16.2. The van der Waals surface area contributed by atoms with Crippen molar-refractivity contribution in [3.05, 3.63) is 0 Å². The Morgan fingerprint density at radius 3 is 2.80 bits per heavy atom. The maximum absolute atomic E-state index is 11.4. The van der Waals surface area contributed by atoms with E-state index in [4.69, 9.17) is 5.73 Å². The molecular formula is C15H29N3O2. The number of likely N-dealkylation sites (tertiary alicyclic amines) is 1. The third-order valence-corrected chi connectivity index (χ3v) is 5.27. The molecule has 0 aromatic heterocycles. The van der Waals surface area contributed by atoms with Crippen molar-refractivity contribution in [3.8, 4) is 0 Å². The van der Waals surface area contributed by atoms with Gasteiger partial charge in [0.05, 0.1) is 0 Å². The highest BCUT2D eigenvalue weighted by Gasteiger charge is 2.45. The third kappa shape index (κ3) is 3.32. The van der Waals surface area contributed by atoms with E-state index in [1.165, 1.54) is 12.8 Å². The lowest BCUT2D eigenvalue weighted by atomic mass is 9.85. The number of carboxylic acid groups (broad SMARTS) is 1. The topological polar surface area (TPSA) is 69.8 Å². The molecule has 0 bridgehead atoms. The average molecular weight is 283 g/mol. The Hall–Kier alpha value is -0.650. The third-order valence-electron chi connectivity index (χ3n) is 5.27. The Balaban J connectivity index is 1.84. The van der Waals surface area contributed by atoms with Crippen LogP contribution in [0, 0.1) is 5.92 Å². The van der Waals surface area contributed by atoms with E-state index < -0.39 is 11.5 Å². The molecule has 5 nitrogen and oxygen atoms in total. The number of carboxylic acids is 1. The number of hydrogen-bond donors (Lipinski definition) is 2. The summed E-state index contributed by atoms with van der Waals surface area (Å²) in [7, 11) is 4.28. The molecule has 2 rings (SSSR count). The minimum atomic E-state index is -0.975. The lowest BCUT2D eigenvalue weighted by Gasteiger charge is -2.37. The first-order valence-electron chi connectivity index (χ1n) is 7.84. The zero-order chi connectivity index (χ0) is 14.8. The molecule has 3 unspecified atom stereocenters. The largest absolute Gasteiger partial charge is 0.480 e. The maximum Gasteiger partial charge on any atom is 0.323 e. The number of rotatable bonds is 5. The highest BCUT2D eigenvalue weighted by Crippen LogP contribution is 2.36. The summed E-state index contributed by atoms with van der Waals surface area (Å²) in [5, 5.41) is 9.35. The van der Waals surface area contributed by atoms with Crippen LogP contribution in [0.5, 0.6) is 0 Å². The molecular weight excluding hydrogens is 254 g/mol. The Morgan fingerprint density at radius 1 is 1.40 bits per heavy atom. The van der Waals surface area contributed by atoms with E-state index in [0.717, 1.165) is 38.9 Å². The second-order valence-electron chi connectivity index (χ2n) is 6.78. The molecule has 1 saturated carbocycles. The molecule has 116 valence electrons. The van der Waals surface area contributed by atoms with Crippen molar-refractivity contribution in [2.45, 2.75) is 50.1 Å². The number of likely N-dealkylation sites (N-methyl/N-ethyl adjacent to an activating group) is 1. The van der Waals surface area contributed by atoms with Gasteiger partial charge in [0.15, 0.2) is 0 Å². The molecule has 0 amide bonds. The van der Waals surface area contributed by atoms with E-state index in [-0.39, 0.29) is 5.92 Å². The lowest BCUT2D eigenvalue weighted by molar-refractivity contribution is -0.144. The van der Waals surface area contributed by atoms with Crippen LogP contribution in [0.15, 0.2) is 0 Å². The summed E-state index contributed by atoms with van der Waals surface area (Å²) in [6.07, 6.45) is 5.97. The molecule has 0 aromatic carbocycles. The first-order chi connectivity index (χ1) is 9.43. The smallest absolute Gasteiger partial charge is 0.323 e. The van der Waals surface area contributed by atoms with Crippen molar-refractivity contribution in [1.29, 1.82) is 0 Å². The zero-order valence-electron chi connectivity index (χ0n) is 12.8. The van der Waals surface area contributed by atoms with E-state index >= 15 is 0 Å². The van der Waals surface area contributed by atoms with Gasteiger partial charge in [-0.2, -0.15) is 0 Å². The van der Waals surface area contributed by atoms with Crippen molar-refractivity contribution >= 4 is 5.97 Å². The number of piperidine rings is 1. The summed E-state index contributed by atoms with van der Waals surface area (Å²) in [5.74, 6) is -0.676. The average Bonchev–Trinajstić information content (AvgIpc) is 2.79. The number of aliphatic carboxylic acids is 1. The van der Waals surface area contributed by atoms with Crippen LogP contribution in [-0.2, 0) is 4.79 Å². The van der Waals surface area contributed by atoms with E-state index in [2.05, 4.69) is 23.9 Å². The molecule has 1 heterocycles. The van der Waals surface area contributed by atoms with Crippen molar-refractivity contribution in [2.24, 2.45) is 11.7 Å². The van der Waals surface area contributed by atoms with Gasteiger partial charge >= 0.3 is 5.97 Å². The molecule has 1 aliphatic carbocycles. The molecule has 0 aromatic rings.